The molecule has 0 amide bonds. The van der Waals surface area contributed by atoms with Gasteiger partial charge in [-0.05, 0) is 138 Å². The molecule has 1 nitrogen and oxygen atoms in total. The summed E-state index contributed by atoms with van der Waals surface area (Å²) in [6, 6.07) is 72.9. The summed E-state index contributed by atoms with van der Waals surface area (Å²) < 4.78 is 0. The first kappa shape index (κ1) is 33.2. The zero-order valence-electron chi connectivity index (χ0n) is 32.9. The topological polar surface area (TPSA) is 3.24 Å². The second kappa shape index (κ2) is 12.0. The summed E-state index contributed by atoms with van der Waals surface area (Å²) in [6.07, 6.45) is 0. The van der Waals surface area contributed by atoms with Gasteiger partial charge in [-0.25, -0.2) is 0 Å². The lowest BCUT2D eigenvalue weighted by atomic mass is 9.58. The molecule has 0 aromatic heterocycles. The van der Waals surface area contributed by atoms with Gasteiger partial charge in [0.15, 0.2) is 0 Å². The van der Waals surface area contributed by atoms with Crippen molar-refractivity contribution in [3.63, 3.8) is 0 Å². The molecule has 274 valence electrons. The van der Waals surface area contributed by atoms with E-state index >= 15 is 0 Å². The highest BCUT2D eigenvalue weighted by atomic mass is 15.1. The Morgan fingerprint density at radius 1 is 0.345 bits per heavy atom. The second-order valence-electron chi connectivity index (χ2n) is 17.0. The van der Waals surface area contributed by atoms with E-state index in [1.54, 1.807) is 0 Å². The van der Waals surface area contributed by atoms with Crippen molar-refractivity contribution in [2.45, 2.75) is 31.6 Å². The van der Waals surface area contributed by atoms with Crippen LogP contribution in [0.15, 0.2) is 194 Å². The van der Waals surface area contributed by atoms with Crippen LogP contribution in [0.2, 0.25) is 0 Å². The molecule has 0 saturated carbocycles. The summed E-state index contributed by atoms with van der Waals surface area (Å²) in [5, 5.41) is 2.65. The molecule has 0 radical (unpaired) electrons. The van der Waals surface area contributed by atoms with E-state index in [9.17, 15) is 0 Å². The zero-order valence-corrected chi connectivity index (χ0v) is 32.9. The predicted octanol–water partition coefficient (Wildman–Crippen LogP) is 14.9. The molecule has 0 aliphatic heterocycles. The first-order valence-electron chi connectivity index (χ1n) is 20.5. The van der Waals surface area contributed by atoms with E-state index in [1.807, 2.05) is 0 Å². The van der Waals surface area contributed by atoms with Crippen LogP contribution in [0.25, 0.3) is 55.3 Å². The van der Waals surface area contributed by atoms with E-state index < -0.39 is 0 Å². The third-order valence-corrected chi connectivity index (χ3v) is 13.5. The van der Waals surface area contributed by atoms with Crippen LogP contribution in [0.1, 0.15) is 52.8 Å². The molecular weight excluding hydrogens is 699 g/mol. The summed E-state index contributed by atoms with van der Waals surface area (Å²) in [5.41, 5.74) is 23.0. The van der Waals surface area contributed by atoms with Crippen LogP contribution in [0.3, 0.4) is 0 Å². The molecule has 0 fully saturated rings. The number of anilines is 3. The maximum Gasteiger partial charge on any atom is 0.0726 e. The highest BCUT2D eigenvalue weighted by molar-refractivity contribution is 6.07. The molecular formula is C57H41N. The highest BCUT2D eigenvalue weighted by Crippen LogP contribution is 2.64. The maximum absolute atomic E-state index is 2.48. The minimum Gasteiger partial charge on any atom is -0.310 e. The molecule has 1 spiro atoms. The van der Waals surface area contributed by atoms with Crippen LogP contribution in [0.5, 0.6) is 0 Å². The molecule has 0 heterocycles. The standard InChI is InChI=1S/C57H41N/c1-36-12-10-13-39(32-36)37-22-27-42(28-23-37)58(43-29-24-38(25-30-43)40-26-31-48-45-15-4-7-18-49(45)56(2,3)53(48)34-40)44-33-41-14-11-21-52-55(41)54(35-44)57(52)50-19-8-5-16-46(50)47-17-6-9-20-51(47)57/h4-35H,1-3H3. The Balaban J connectivity index is 1.01. The Hall–Kier alpha value is -6.96. The fraction of sp³-hybridized carbons (Fsp3) is 0.0877. The average molecular weight is 740 g/mol. The van der Waals surface area contributed by atoms with Gasteiger partial charge >= 0.3 is 0 Å². The quantitative estimate of drug-likeness (QED) is 0.170. The number of hydrogen-bond donors (Lipinski definition) is 0. The van der Waals surface area contributed by atoms with Crippen molar-refractivity contribution in [1.82, 2.24) is 0 Å². The molecule has 3 aliphatic rings. The fourth-order valence-electron chi connectivity index (χ4n) is 10.8. The Bertz CT molecular complexity index is 3100. The lowest BCUT2D eigenvalue weighted by molar-refractivity contribution is 0.660. The summed E-state index contributed by atoms with van der Waals surface area (Å²) >= 11 is 0. The van der Waals surface area contributed by atoms with Crippen molar-refractivity contribution in [2.75, 3.05) is 4.90 Å². The first-order chi connectivity index (χ1) is 28.4. The molecule has 0 atom stereocenters. The second-order valence-corrected chi connectivity index (χ2v) is 17.0. The van der Waals surface area contributed by atoms with Crippen molar-refractivity contribution in [3.8, 4) is 44.5 Å². The molecule has 58 heavy (non-hydrogen) atoms. The lowest BCUT2D eigenvalue weighted by Crippen LogP contribution is -2.36. The van der Waals surface area contributed by atoms with Gasteiger partial charge in [0.25, 0.3) is 0 Å². The summed E-state index contributed by atoms with van der Waals surface area (Å²) in [6.45, 7) is 6.87. The van der Waals surface area contributed by atoms with Crippen LogP contribution in [-0.4, -0.2) is 0 Å². The monoisotopic (exact) mass is 739 g/mol. The van der Waals surface area contributed by atoms with Gasteiger partial charge in [0.1, 0.15) is 0 Å². The Morgan fingerprint density at radius 3 is 1.50 bits per heavy atom. The van der Waals surface area contributed by atoms with Crippen molar-refractivity contribution >= 4 is 27.8 Å². The van der Waals surface area contributed by atoms with Crippen molar-refractivity contribution < 1.29 is 0 Å². The van der Waals surface area contributed by atoms with E-state index in [1.165, 1.54) is 94.2 Å². The predicted molar refractivity (Wildman–Crippen MR) is 243 cm³/mol. The van der Waals surface area contributed by atoms with Gasteiger partial charge < -0.3 is 4.90 Å². The molecule has 0 unspecified atom stereocenters. The van der Waals surface area contributed by atoms with Gasteiger partial charge in [-0.1, -0.05) is 171 Å². The van der Waals surface area contributed by atoms with Crippen LogP contribution in [0.4, 0.5) is 17.1 Å². The van der Waals surface area contributed by atoms with Gasteiger partial charge in [0, 0.05) is 22.5 Å². The van der Waals surface area contributed by atoms with Crippen molar-refractivity contribution in [2.24, 2.45) is 0 Å². The van der Waals surface area contributed by atoms with Gasteiger partial charge in [0.05, 0.1) is 5.41 Å². The Kier molecular flexibility index (Phi) is 6.88. The third kappa shape index (κ3) is 4.47. The summed E-state index contributed by atoms with van der Waals surface area (Å²) in [4.78, 5) is 2.45. The molecule has 3 aliphatic carbocycles. The van der Waals surface area contributed by atoms with Gasteiger partial charge in [-0.2, -0.15) is 0 Å². The molecule has 0 N–H and O–H groups in total. The van der Waals surface area contributed by atoms with Crippen LogP contribution in [0, 0.1) is 6.92 Å². The van der Waals surface area contributed by atoms with E-state index in [-0.39, 0.29) is 10.8 Å². The summed E-state index contributed by atoms with van der Waals surface area (Å²) in [7, 11) is 0. The van der Waals surface area contributed by atoms with Gasteiger partial charge in [0.2, 0.25) is 0 Å². The minimum atomic E-state index is -0.302. The largest absolute Gasteiger partial charge is 0.310 e. The molecule has 9 aromatic rings. The number of fused-ring (bicyclic) bond motifs is 10. The molecule has 9 aromatic carbocycles. The molecule has 0 bridgehead atoms. The first-order valence-corrected chi connectivity index (χ1v) is 20.5. The van der Waals surface area contributed by atoms with Gasteiger partial charge in [-0.15, -0.1) is 0 Å². The molecule has 0 saturated heterocycles. The van der Waals surface area contributed by atoms with Crippen molar-refractivity contribution in [1.29, 1.82) is 0 Å². The molecule has 1 heteroatoms. The van der Waals surface area contributed by atoms with Crippen molar-refractivity contribution in [3.05, 3.63) is 233 Å². The number of aryl methyl sites for hydroxylation is 1. The highest BCUT2D eigenvalue weighted by Gasteiger charge is 2.53. The average Bonchev–Trinajstić information content (AvgIpc) is 3.70. The molecule has 12 rings (SSSR count). The number of rotatable bonds is 5. The van der Waals surface area contributed by atoms with Crippen LogP contribution >= 0.6 is 0 Å². The number of nitrogens with zero attached hydrogens (tertiary/aromatic N) is 1. The minimum absolute atomic E-state index is 0.0420. The smallest absolute Gasteiger partial charge is 0.0726 e. The lowest BCUT2D eigenvalue weighted by Gasteiger charge is -2.44. The Morgan fingerprint density at radius 2 is 0.862 bits per heavy atom. The summed E-state index contributed by atoms with van der Waals surface area (Å²) in [5.74, 6) is 0. The zero-order chi connectivity index (χ0) is 38.8. The fourth-order valence-corrected chi connectivity index (χ4v) is 10.8. The maximum atomic E-state index is 2.48. The Labute approximate surface area is 340 Å². The van der Waals surface area contributed by atoms with E-state index in [0.29, 0.717) is 0 Å². The number of hydrogen-bond acceptors (Lipinski definition) is 1. The van der Waals surface area contributed by atoms with E-state index in [0.717, 1.165) is 17.1 Å². The third-order valence-electron chi connectivity index (χ3n) is 13.5. The van der Waals surface area contributed by atoms with Crippen LogP contribution < -0.4 is 4.90 Å². The normalized spacial score (nSPS) is 14.4. The van der Waals surface area contributed by atoms with E-state index in [2.05, 4.69) is 220 Å². The van der Waals surface area contributed by atoms with E-state index in [4.69, 9.17) is 0 Å². The van der Waals surface area contributed by atoms with Crippen LogP contribution in [-0.2, 0) is 10.8 Å². The SMILES string of the molecule is Cc1cccc(-c2ccc(N(c3ccc(-c4ccc5c(c4)C(C)(C)c4ccccc4-5)cc3)c3cc4c5c(cccc5c3)C43c4ccccc4-c4ccccc43)cc2)c1. The van der Waals surface area contributed by atoms with Gasteiger partial charge in [-0.3, -0.25) is 0 Å². The number of benzene rings is 9.